The van der Waals surface area contributed by atoms with E-state index in [9.17, 15) is 8.78 Å². The van der Waals surface area contributed by atoms with Crippen molar-refractivity contribution in [3.63, 3.8) is 0 Å². The number of anilines is 3. The van der Waals surface area contributed by atoms with Crippen LogP contribution in [0, 0.1) is 11.6 Å². The molecule has 0 radical (unpaired) electrons. The van der Waals surface area contributed by atoms with Gasteiger partial charge in [-0.25, -0.2) is 8.78 Å². The van der Waals surface area contributed by atoms with Gasteiger partial charge in [0.25, 0.3) is 0 Å². The first kappa shape index (κ1) is 34.9. The predicted molar refractivity (Wildman–Crippen MR) is 245 cm³/mol. The molecular weight excluding hydrogens is 747 g/mol. The molecule has 11 rings (SSSR count). The van der Waals surface area contributed by atoms with Crippen LogP contribution in [0.5, 0.6) is 0 Å². The van der Waals surface area contributed by atoms with E-state index < -0.39 is 0 Å². The summed E-state index contributed by atoms with van der Waals surface area (Å²) >= 11 is 1.84. The molecule has 0 amide bonds. The largest absolute Gasteiger partial charge is 0.311 e. The summed E-state index contributed by atoms with van der Waals surface area (Å²) in [4.78, 5) is 2.29. The molecule has 9 aromatic carbocycles. The Labute approximate surface area is 344 Å². The number of hydrogen-bond acceptors (Lipinski definition) is 2. The third-order valence-electron chi connectivity index (χ3n) is 11.3. The Hall–Kier alpha value is -7.34. The lowest BCUT2D eigenvalue weighted by Crippen LogP contribution is -2.09. The van der Waals surface area contributed by atoms with E-state index in [-0.39, 0.29) is 11.6 Å². The fraction of sp³-hybridized carbons (Fsp3) is 0. The molecule has 0 aliphatic rings. The van der Waals surface area contributed by atoms with Crippen LogP contribution >= 0.6 is 11.3 Å². The molecule has 2 heterocycles. The fourth-order valence-electron chi connectivity index (χ4n) is 8.61. The molecule has 0 saturated heterocycles. The minimum atomic E-state index is -0.342. The summed E-state index contributed by atoms with van der Waals surface area (Å²) in [5, 5.41) is 4.12. The normalized spacial score (nSPS) is 11.6. The van der Waals surface area contributed by atoms with Crippen molar-refractivity contribution in [2.24, 2.45) is 0 Å². The van der Waals surface area contributed by atoms with E-state index in [2.05, 4.69) is 150 Å². The number of aromatic nitrogens is 1. The van der Waals surface area contributed by atoms with Crippen molar-refractivity contribution in [2.75, 3.05) is 4.90 Å². The second-order valence-corrected chi connectivity index (χ2v) is 15.9. The van der Waals surface area contributed by atoms with E-state index in [1.165, 1.54) is 61.1 Å². The maximum absolute atomic E-state index is 14.8. The Bertz CT molecular complexity index is 3330. The van der Waals surface area contributed by atoms with Gasteiger partial charge in [0.05, 0.1) is 16.7 Å². The van der Waals surface area contributed by atoms with Gasteiger partial charge in [0, 0.05) is 53.6 Å². The van der Waals surface area contributed by atoms with Crippen LogP contribution in [0.1, 0.15) is 0 Å². The molecule has 280 valence electrons. The van der Waals surface area contributed by atoms with Crippen molar-refractivity contribution < 1.29 is 8.78 Å². The number of thiophene rings is 1. The molecule has 0 unspecified atom stereocenters. The molecule has 0 aliphatic carbocycles. The summed E-state index contributed by atoms with van der Waals surface area (Å²) < 4.78 is 34.0. The number of halogens is 2. The SMILES string of the molecule is Fc1ccc2c(c1)c1ccc(F)cc1n2-c1ccccc1-c1ccc(N(c2ccc(-c3ccccc3)cc2)c2ccc(-c3cccc4sc5ccccc5c34)cc2)cc1. The molecule has 0 aliphatic heterocycles. The molecule has 2 nitrogen and oxygen atoms in total. The van der Waals surface area contributed by atoms with E-state index in [1.54, 1.807) is 12.1 Å². The molecule has 0 bridgehead atoms. The maximum Gasteiger partial charge on any atom is 0.125 e. The summed E-state index contributed by atoms with van der Waals surface area (Å²) in [6.07, 6.45) is 0. The second kappa shape index (κ2) is 14.2. The number of nitrogens with zero attached hydrogens (tertiary/aromatic N) is 2. The molecule has 5 heteroatoms. The summed E-state index contributed by atoms with van der Waals surface area (Å²) in [5.41, 5.74) is 12.2. The Balaban J connectivity index is 1.01. The van der Waals surface area contributed by atoms with Gasteiger partial charge in [-0.1, -0.05) is 115 Å². The highest BCUT2D eigenvalue weighted by Crippen LogP contribution is 2.43. The van der Waals surface area contributed by atoms with Gasteiger partial charge < -0.3 is 9.47 Å². The second-order valence-electron chi connectivity index (χ2n) is 14.8. The van der Waals surface area contributed by atoms with Gasteiger partial charge in [0.1, 0.15) is 11.6 Å². The zero-order valence-corrected chi connectivity index (χ0v) is 32.5. The first-order valence-corrected chi connectivity index (χ1v) is 20.4. The molecule has 0 N–H and O–H groups in total. The number of rotatable bonds is 7. The summed E-state index contributed by atoms with van der Waals surface area (Å²) in [6.45, 7) is 0. The predicted octanol–water partition coefficient (Wildman–Crippen LogP) is 15.9. The highest BCUT2D eigenvalue weighted by molar-refractivity contribution is 7.25. The van der Waals surface area contributed by atoms with Gasteiger partial charge in [-0.2, -0.15) is 0 Å². The first-order valence-electron chi connectivity index (χ1n) is 19.6. The smallest absolute Gasteiger partial charge is 0.125 e. The van der Waals surface area contributed by atoms with Crippen LogP contribution in [0.25, 0.3) is 81.0 Å². The minimum absolute atomic E-state index is 0.327. The van der Waals surface area contributed by atoms with Gasteiger partial charge in [0.2, 0.25) is 0 Å². The quantitative estimate of drug-likeness (QED) is 0.156. The zero-order valence-electron chi connectivity index (χ0n) is 31.7. The highest BCUT2D eigenvalue weighted by atomic mass is 32.1. The van der Waals surface area contributed by atoms with E-state index in [4.69, 9.17) is 0 Å². The van der Waals surface area contributed by atoms with Crippen LogP contribution in [-0.4, -0.2) is 4.57 Å². The van der Waals surface area contributed by atoms with Gasteiger partial charge in [0.15, 0.2) is 0 Å². The molecule has 0 spiro atoms. The summed E-state index contributed by atoms with van der Waals surface area (Å²) in [5.74, 6) is -0.669. The zero-order chi connectivity index (χ0) is 39.5. The highest BCUT2D eigenvalue weighted by Gasteiger charge is 2.19. The minimum Gasteiger partial charge on any atom is -0.311 e. The topological polar surface area (TPSA) is 8.17 Å². The third-order valence-corrected chi connectivity index (χ3v) is 12.5. The average Bonchev–Trinajstić information content (AvgIpc) is 3.82. The van der Waals surface area contributed by atoms with Gasteiger partial charge in [-0.3, -0.25) is 0 Å². The van der Waals surface area contributed by atoms with Gasteiger partial charge >= 0.3 is 0 Å². The van der Waals surface area contributed by atoms with E-state index in [0.717, 1.165) is 55.7 Å². The van der Waals surface area contributed by atoms with Crippen LogP contribution in [0.15, 0.2) is 206 Å². The lowest BCUT2D eigenvalue weighted by Gasteiger charge is -2.26. The lowest BCUT2D eigenvalue weighted by molar-refractivity contribution is 0.629. The molecule has 2 aromatic heterocycles. The standard InChI is InChI=1S/C54H34F2N2S/c55-39-24-32-50-48(33-39)46-31-23-40(56)34-51(46)58(50)49-14-6-4-11-44(49)37-19-27-42(28-20-37)57(41-25-17-36(18-26-41)35-9-2-1-3-10-35)43-29-21-38(22-30-43)45-13-8-16-53-54(45)47-12-5-7-15-52(47)59-53/h1-34H. The molecule has 0 fully saturated rings. The van der Waals surface area contributed by atoms with Gasteiger partial charge in [-0.05, 0) is 119 Å². The number of para-hydroxylation sites is 1. The van der Waals surface area contributed by atoms with E-state index in [1.807, 2.05) is 40.2 Å². The van der Waals surface area contributed by atoms with Crippen LogP contribution < -0.4 is 4.90 Å². The maximum atomic E-state index is 14.8. The van der Waals surface area contributed by atoms with Crippen molar-refractivity contribution in [2.45, 2.75) is 0 Å². The first-order chi connectivity index (χ1) is 29.1. The molecule has 59 heavy (non-hydrogen) atoms. The molecule has 11 aromatic rings. The monoisotopic (exact) mass is 780 g/mol. The van der Waals surface area contributed by atoms with E-state index >= 15 is 0 Å². The van der Waals surface area contributed by atoms with Crippen molar-refractivity contribution in [1.82, 2.24) is 4.57 Å². The summed E-state index contributed by atoms with van der Waals surface area (Å²) in [6, 6.07) is 69.5. The van der Waals surface area contributed by atoms with Crippen molar-refractivity contribution in [3.8, 4) is 39.1 Å². The molecule has 0 atom stereocenters. The number of fused-ring (bicyclic) bond motifs is 6. The van der Waals surface area contributed by atoms with Crippen LogP contribution in [0.3, 0.4) is 0 Å². The van der Waals surface area contributed by atoms with Crippen molar-refractivity contribution >= 4 is 70.4 Å². The number of benzene rings is 9. The van der Waals surface area contributed by atoms with E-state index in [0.29, 0.717) is 5.52 Å². The molecular formula is C54H34F2N2S. The van der Waals surface area contributed by atoms with Crippen molar-refractivity contribution in [3.05, 3.63) is 218 Å². The Morgan fingerprint density at radius 1 is 0.373 bits per heavy atom. The van der Waals surface area contributed by atoms with Crippen LogP contribution in [0.4, 0.5) is 25.8 Å². The van der Waals surface area contributed by atoms with Gasteiger partial charge in [-0.15, -0.1) is 11.3 Å². The molecule has 0 saturated carbocycles. The summed E-state index contributed by atoms with van der Waals surface area (Å²) in [7, 11) is 0. The Morgan fingerprint density at radius 2 is 0.932 bits per heavy atom. The number of hydrogen-bond donors (Lipinski definition) is 0. The third kappa shape index (κ3) is 6.06. The lowest BCUT2D eigenvalue weighted by atomic mass is 9.99. The van der Waals surface area contributed by atoms with Crippen LogP contribution in [0.2, 0.25) is 0 Å². The van der Waals surface area contributed by atoms with Crippen LogP contribution in [-0.2, 0) is 0 Å². The van der Waals surface area contributed by atoms with Crippen molar-refractivity contribution in [1.29, 1.82) is 0 Å². The Morgan fingerprint density at radius 3 is 1.68 bits per heavy atom. The average molecular weight is 781 g/mol. The Kier molecular flexibility index (Phi) is 8.42. The fourth-order valence-corrected chi connectivity index (χ4v) is 9.75.